The number of aromatic amines is 1. The van der Waals surface area contributed by atoms with Crippen LogP contribution in [0.5, 0.6) is 0 Å². The van der Waals surface area contributed by atoms with Gasteiger partial charge in [0.2, 0.25) is 5.91 Å². The van der Waals surface area contributed by atoms with Crippen molar-refractivity contribution < 1.29 is 18.0 Å². The van der Waals surface area contributed by atoms with Gasteiger partial charge in [-0.25, -0.2) is 24.3 Å². The fourth-order valence-corrected chi connectivity index (χ4v) is 13.3. The van der Waals surface area contributed by atoms with Gasteiger partial charge in [-0.15, -0.1) is 0 Å². The van der Waals surface area contributed by atoms with E-state index in [2.05, 4.69) is 83.3 Å². The third-order valence-corrected chi connectivity index (χ3v) is 17.4. The molecule has 70 heavy (non-hydrogen) atoms. The van der Waals surface area contributed by atoms with E-state index in [-0.39, 0.29) is 45.8 Å². The SMILES string of the molecule is CC(=O)N1CC(F)(F)c2c(Sc3ncc(N4CCC5(CC4)Cc4ccccc4[C@H]5N)nc3N)cccc21.Nc1nc(N2CCC3(CC2)Cc2ccccc2[C@H]3N)cnc1Sc1cccc2[nH]cc(F)c12. The van der Waals surface area contributed by atoms with Crippen molar-refractivity contribution in [2.75, 3.05) is 58.9 Å². The molecule has 0 unspecified atom stereocenters. The van der Waals surface area contributed by atoms with Crippen LogP contribution in [0.25, 0.3) is 10.9 Å². The van der Waals surface area contributed by atoms with E-state index in [9.17, 15) is 18.0 Å². The number of carbonyl (C=O) groups is 1. The van der Waals surface area contributed by atoms with E-state index in [1.807, 2.05) is 18.2 Å². The van der Waals surface area contributed by atoms with Crippen molar-refractivity contribution >= 4 is 69.3 Å². The molecule has 12 rings (SSSR count). The van der Waals surface area contributed by atoms with Crippen molar-refractivity contribution in [3.8, 4) is 0 Å². The maximum Gasteiger partial charge on any atom is 0.293 e. The van der Waals surface area contributed by atoms with Gasteiger partial charge in [0.05, 0.1) is 30.2 Å². The maximum atomic E-state index is 14.9. The van der Waals surface area contributed by atoms with Crippen molar-refractivity contribution in [3.05, 3.63) is 137 Å². The number of anilines is 5. The third-order valence-electron chi connectivity index (χ3n) is 15.3. The second kappa shape index (κ2) is 17.8. The average Bonchev–Trinajstić information content (AvgIpc) is 4.05. The number of halogens is 3. The molecule has 2 atom stereocenters. The molecule has 2 aliphatic carbocycles. The lowest BCUT2D eigenvalue weighted by atomic mass is 9.73. The van der Waals surface area contributed by atoms with E-state index >= 15 is 0 Å². The van der Waals surface area contributed by atoms with Crippen LogP contribution in [0.15, 0.2) is 123 Å². The first-order valence-corrected chi connectivity index (χ1v) is 25.2. The van der Waals surface area contributed by atoms with Gasteiger partial charge < -0.3 is 42.6 Å². The molecule has 7 aromatic rings. The molecule has 13 nitrogen and oxygen atoms in total. The minimum Gasteiger partial charge on any atom is -0.381 e. The van der Waals surface area contributed by atoms with E-state index in [4.69, 9.17) is 22.9 Å². The fourth-order valence-electron chi connectivity index (χ4n) is 11.4. The number of nitrogens with one attached hydrogen (secondary N) is 1. The lowest BCUT2D eigenvalue weighted by Crippen LogP contribution is -2.44. The maximum absolute atomic E-state index is 14.9. The van der Waals surface area contributed by atoms with Crippen LogP contribution in [0.3, 0.4) is 0 Å². The Bertz CT molecular complexity index is 3150. The van der Waals surface area contributed by atoms with Crippen LogP contribution >= 0.6 is 23.5 Å². The van der Waals surface area contributed by atoms with Crippen molar-refractivity contribution in [1.29, 1.82) is 0 Å². The number of benzene rings is 4. The summed E-state index contributed by atoms with van der Waals surface area (Å²) in [5, 5.41) is 1.48. The number of alkyl halides is 2. The highest BCUT2D eigenvalue weighted by Gasteiger charge is 2.49. The lowest BCUT2D eigenvalue weighted by molar-refractivity contribution is -0.117. The van der Waals surface area contributed by atoms with Crippen molar-refractivity contribution in [2.45, 2.75) is 83.3 Å². The van der Waals surface area contributed by atoms with Gasteiger partial charge in [-0.2, -0.15) is 8.78 Å². The summed E-state index contributed by atoms with van der Waals surface area (Å²) in [6.45, 7) is 3.95. The molecule has 1 amide bonds. The molecule has 2 spiro atoms. The summed E-state index contributed by atoms with van der Waals surface area (Å²) in [4.78, 5) is 39.7. The molecular formula is C52H53F3N12OS2. The fraction of sp³-hybridized carbons (Fsp3) is 0.327. The van der Waals surface area contributed by atoms with E-state index in [0.717, 1.165) is 97.6 Å². The molecule has 6 heterocycles. The largest absolute Gasteiger partial charge is 0.381 e. The zero-order valence-corrected chi connectivity index (χ0v) is 40.2. The number of piperidine rings is 2. The van der Waals surface area contributed by atoms with E-state index < -0.39 is 18.4 Å². The van der Waals surface area contributed by atoms with Crippen molar-refractivity contribution in [2.24, 2.45) is 22.3 Å². The molecule has 3 aromatic heterocycles. The summed E-state index contributed by atoms with van der Waals surface area (Å²) in [6, 6.07) is 27.5. The summed E-state index contributed by atoms with van der Waals surface area (Å²) in [5.41, 5.74) is 32.2. The Balaban J connectivity index is 0.000000153. The minimum absolute atomic E-state index is 0.0328. The van der Waals surface area contributed by atoms with Gasteiger partial charge in [0.25, 0.3) is 5.92 Å². The Morgan fingerprint density at radius 2 is 1.20 bits per heavy atom. The third kappa shape index (κ3) is 8.07. The molecule has 3 aliphatic heterocycles. The molecular weight excluding hydrogens is 930 g/mol. The van der Waals surface area contributed by atoms with Gasteiger partial charge in [-0.3, -0.25) is 4.79 Å². The summed E-state index contributed by atoms with van der Waals surface area (Å²) in [7, 11) is 0. The molecule has 360 valence electrons. The monoisotopic (exact) mass is 982 g/mol. The predicted octanol–water partition coefficient (Wildman–Crippen LogP) is 9.18. The molecule has 0 bridgehead atoms. The molecule has 2 fully saturated rings. The first-order chi connectivity index (χ1) is 33.7. The topological polar surface area (TPSA) is 198 Å². The molecule has 4 aromatic carbocycles. The highest BCUT2D eigenvalue weighted by Crippen LogP contribution is 2.53. The first kappa shape index (κ1) is 46.1. The summed E-state index contributed by atoms with van der Waals surface area (Å²) < 4.78 is 44.0. The number of rotatable bonds is 6. The molecule has 0 saturated carbocycles. The molecule has 2 saturated heterocycles. The number of hydrogen-bond donors (Lipinski definition) is 5. The van der Waals surface area contributed by atoms with Gasteiger partial charge in [0.15, 0.2) is 11.6 Å². The summed E-state index contributed by atoms with van der Waals surface area (Å²) in [6.07, 6.45) is 10.7. The number of amides is 1. The predicted molar refractivity (Wildman–Crippen MR) is 270 cm³/mol. The van der Waals surface area contributed by atoms with Gasteiger partial charge >= 0.3 is 0 Å². The van der Waals surface area contributed by atoms with Crippen LogP contribution in [0, 0.1) is 16.6 Å². The smallest absolute Gasteiger partial charge is 0.293 e. The standard InChI is InChI=1S/C27H28F2N6OS.C25H25FN6S/c1-16(36)35-15-27(28,29)22-19(35)7-4-8-20(22)37-25-24(31)33-21(14-32-25)34-11-9-26(10-12-34)13-17-5-2-3-6-18(17)23(26)30;26-17-13-29-18-6-3-7-19(21(17)18)33-24-23(28)31-20(14-30-24)32-10-8-25(9-11-32)12-15-4-1-2-5-16(15)22(25)27/h2-8,14,23H,9-13,15,30H2,1H3,(H2,31,33);1-7,13-14,22,29H,8-12,27H2,(H2,28,31)/t23-;22-/m11/s1. The zero-order chi connectivity index (χ0) is 48.5. The Morgan fingerprint density at radius 1 is 0.700 bits per heavy atom. The Hall–Kier alpha value is -6.34. The zero-order valence-electron chi connectivity index (χ0n) is 38.5. The Labute approximate surface area is 412 Å². The van der Waals surface area contributed by atoms with Gasteiger partial charge in [-0.05, 0) is 95.9 Å². The Morgan fingerprint density at radius 3 is 1.71 bits per heavy atom. The van der Waals surface area contributed by atoms with Gasteiger partial charge in [0, 0.05) is 72.1 Å². The number of aromatic nitrogens is 5. The second-order valence-electron chi connectivity index (χ2n) is 19.2. The van der Waals surface area contributed by atoms with Crippen LogP contribution in [-0.4, -0.2) is 63.6 Å². The van der Waals surface area contributed by atoms with E-state index in [0.29, 0.717) is 32.0 Å². The number of nitrogens with two attached hydrogens (primary N) is 4. The number of fused-ring (bicyclic) bond motifs is 4. The summed E-state index contributed by atoms with van der Waals surface area (Å²) in [5.74, 6) is -1.86. The van der Waals surface area contributed by atoms with Crippen LogP contribution in [-0.2, 0) is 23.6 Å². The van der Waals surface area contributed by atoms with E-state index in [1.54, 1.807) is 24.5 Å². The highest BCUT2D eigenvalue weighted by atomic mass is 32.2. The van der Waals surface area contributed by atoms with Crippen LogP contribution in [0.4, 0.5) is 42.1 Å². The van der Waals surface area contributed by atoms with Crippen molar-refractivity contribution in [1.82, 2.24) is 24.9 Å². The van der Waals surface area contributed by atoms with E-state index in [1.165, 1.54) is 53.2 Å². The molecule has 18 heteroatoms. The Kier molecular flexibility index (Phi) is 11.7. The molecule has 5 aliphatic rings. The minimum atomic E-state index is -3.16. The number of carbonyl (C=O) groups excluding carboxylic acids is 1. The van der Waals surface area contributed by atoms with Crippen LogP contribution in [0.1, 0.15) is 72.5 Å². The quantitative estimate of drug-likeness (QED) is 0.106. The first-order valence-electron chi connectivity index (χ1n) is 23.5. The average molecular weight is 983 g/mol. The number of nitrogen functional groups attached to an aromatic ring is 2. The van der Waals surface area contributed by atoms with Crippen LogP contribution < -0.4 is 37.6 Å². The highest BCUT2D eigenvalue weighted by molar-refractivity contribution is 7.99. The lowest BCUT2D eigenvalue weighted by Gasteiger charge is -2.42. The molecule has 9 N–H and O–H groups in total. The second-order valence-corrected chi connectivity index (χ2v) is 21.3. The summed E-state index contributed by atoms with van der Waals surface area (Å²) >= 11 is 2.38. The normalized spacial score (nSPS) is 20.3. The van der Waals surface area contributed by atoms with Gasteiger partial charge in [0.1, 0.15) is 27.5 Å². The van der Waals surface area contributed by atoms with Gasteiger partial charge in [-0.1, -0.05) is 84.2 Å². The number of nitrogens with zero attached hydrogens (tertiary/aromatic N) is 7. The number of H-pyrrole nitrogens is 1. The van der Waals surface area contributed by atoms with Crippen molar-refractivity contribution in [3.63, 3.8) is 0 Å². The van der Waals surface area contributed by atoms with Crippen LogP contribution in [0.2, 0.25) is 0 Å². The number of hydrogen-bond acceptors (Lipinski definition) is 13. The molecule has 0 radical (unpaired) electrons.